The summed E-state index contributed by atoms with van der Waals surface area (Å²) in [5.74, 6) is -0.688. The van der Waals surface area contributed by atoms with Crippen molar-refractivity contribution in [3.8, 4) is 0 Å². The van der Waals surface area contributed by atoms with Crippen LogP contribution in [0.3, 0.4) is 0 Å². The molecule has 1 fully saturated rings. The Kier molecular flexibility index (Phi) is 4.41. The number of carbonyl (C=O) groups excluding carboxylic acids is 1. The molecule has 5 heteroatoms. The number of allylic oxidation sites excluding steroid dienone is 1. The normalized spacial score (nSPS) is 26.3. The second-order valence-corrected chi connectivity index (χ2v) is 4.37. The third-order valence-corrected chi connectivity index (χ3v) is 2.61. The Balaban J connectivity index is 2.49. The van der Waals surface area contributed by atoms with Gasteiger partial charge in [-0.1, -0.05) is 0 Å². The molecule has 1 aliphatic rings. The summed E-state index contributed by atoms with van der Waals surface area (Å²) in [6.45, 7) is 5.05. The first-order valence-electron chi connectivity index (χ1n) is 5.42. The first-order valence-corrected chi connectivity index (χ1v) is 5.42. The number of hydrogen-bond donors (Lipinski definition) is 2. The van der Waals surface area contributed by atoms with Crippen molar-refractivity contribution in [1.29, 1.82) is 0 Å². The number of nitrogens with one attached hydrogen (secondary N) is 2. The lowest BCUT2D eigenvalue weighted by atomic mass is 10.1. The van der Waals surface area contributed by atoms with Crippen molar-refractivity contribution in [3.05, 3.63) is 11.4 Å². The van der Waals surface area contributed by atoms with Crippen molar-refractivity contribution in [3.63, 3.8) is 0 Å². The Labute approximate surface area is 94.3 Å². The van der Waals surface area contributed by atoms with E-state index < -0.39 is 18.3 Å². The van der Waals surface area contributed by atoms with Gasteiger partial charge in [0.25, 0.3) is 0 Å². The molecule has 1 aliphatic heterocycles. The highest BCUT2D eigenvalue weighted by molar-refractivity contribution is 5.82. The Bertz CT molecular complexity index is 300. The van der Waals surface area contributed by atoms with Crippen LogP contribution in [0, 0.1) is 0 Å². The lowest BCUT2D eigenvalue weighted by Crippen LogP contribution is -2.44. The molecule has 0 aromatic heterocycles. The molecule has 3 atom stereocenters. The molecule has 0 aromatic rings. The monoisotopic (exact) mass is 232 g/mol. The van der Waals surface area contributed by atoms with E-state index in [1.54, 1.807) is 20.8 Å². The fraction of sp³-hybridized carbons (Fsp3) is 0.727. The van der Waals surface area contributed by atoms with E-state index in [2.05, 4.69) is 10.6 Å². The van der Waals surface area contributed by atoms with Crippen molar-refractivity contribution in [2.45, 2.75) is 45.4 Å². The molecule has 1 amide bonds. The van der Waals surface area contributed by atoms with Crippen molar-refractivity contribution in [2.75, 3.05) is 6.54 Å². The molecule has 1 saturated heterocycles. The summed E-state index contributed by atoms with van der Waals surface area (Å²) in [6.07, 6.45) is -0.825. The highest BCUT2D eigenvalue weighted by Crippen LogP contribution is 2.13. The molecule has 0 spiro atoms. The third-order valence-electron chi connectivity index (χ3n) is 2.61. The number of alkyl halides is 1. The second-order valence-electron chi connectivity index (χ2n) is 4.37. The Morgan fingerprint density at radius 1 is 1.50 bits per heavy atom. The average Bonchev–Trinajstić information content (AvgIpc) is 2.63. The Morgan fingerprint density at radius 3 is 2.56 bits per heavy atom. The average molecular weight is 232 g/mol. The smallest absolute Gasteiger partial charge is 0.237 e. The van der Waals surface area contributed by atoms with Crippen molar-refractivity contribution in [2.24, 2.45) is 0 Å². The van der Waals surface area contributed by atoms with Gasteiger partial charge in [0.15, 0.2) is 0 Å². The maximum Gasteiger partial charge on any atom is 0.237 e. The molecule has 3 nitrogen and oxygen atoms in total. The molecule has 0 unspecified atom stereocenters. The van der Waals surface area contributed by atoms with E-state index in [0.29, 0.717) is 5.57 Å². The predicted molar refractivity (Wildman–Crippen MR) is 58.4 cm³/mol. The van der Waals surface area contributed by atoms with E-state index in [1.165, 1.54) is 0 Å². The van der Waals surface area contributed by atoms with Gasteiger partial charge in [-0.05, 0) is 26.3 Å². The van der Waals surface area contributed by atoms with Gasteiger partial charge >= 0.3 is 0 Å². The highest BCUT2D eigenvalue weighted by Gasteiger charge is 2.30. The molecule has 92 valence electrons. The minimum absolute atomic E-state index is 0.162. The van der Waals surface area contributed by atoms with E-state index in [0.717, 1.165) is 0 Å². The van der Waals surface area contributed by atoms with Gasteiger partial charge in [0, 0.05) is 13.0 Å². The summed E-state index contributed by atoms with van der Waals surface area (Å²) >= 11 is 0. The van der Waals surface area contributed by atoms with E-state index in [4.69, 9.17) is 0 Å². The van der Waals surface area contributed by atoms with Crippen LogP contribution in [0.25, 0.3) is 0 Å². The Morgan fingerprint density at radius 2 is 2.12 bits per heavy atom. The van der Waals surface area contributed by atoms with Crippen molar-refractivity contribution >= 4 is 5.91 Å². The van der Waals surface area contributed by atoms with Crippen LogP contribution in [0.4, 0.5) is 8.78 Å². The summed E-state index contributed by atoms with van der Waals surface area (Å²) in [5.41, 5.74) is 0.538. The number of amides is 1. The van der Waals surface area contributed by atoms with Gasteiger partial charge in [-0.15, -0.1) is 0 Å². The quantitative estimate of drug-likeness (QED) is 0.773. The van der Waals surface area contributed by atoms with Crippen LogP contribution in [0.1, 0.15) is 27.2 Å². The van der Waals surface area contributed by atoms with Gasteiger partial charge in [-0.2, -0.15) is 0 Å². The van der Waals surface area contributed by atoms with Gasteiger partial charge in [0.2, 0.25) is 5.91 Å². The van der Waals surface area contributed by atoms with Crippen LogP contribution in [0.5, 0.6) is 0 Å². The zero-order valence-electron chi connectivity index (χ0n) is 9.81. The van der Waals surface area contributed by atoms with Crippen LogP contribution in [0.15, 0.2) is 11.4 Å². The molecule has 0 aliphatic carbocycles. The topological polar surface area (TPSA) is 41.1 Å². The number of rotatable bonds is 3. The van der Waals surface area contributed by atoms with Gasteiger partial charge in [0.1, 0.15) is 12.0 Å². The first kappa shape index (κ1) is 13.1. The SMILES string of the molecule is CC(C)=C(F)[C@@H](C)NC(=O)[C@@H]1C[C@@H](F)CN1. The molecule has 1 heterocycles. The standard InChI is InChI=1S/C11H18F2N2O/c1-6(2)10(13)7(3)15-11(16)9-4-8(12)5-14-9/h7-9,14H,4-5H2,1-3H3,(H,15,16)/t7-,8-,9+/m1/s1. The lowest BCUT2D eigenvalue weighted by molar-refractivity contribution is -0.123. The van der Waals surface area contributed by atoms with Gasteiger partial charge in [0.05, 0.1) is 12.1 Å². The zero-order valence-corrected chi connectivity index (χ0v) is 9.81. The maximum absolute atomic E-state index is 13.4. The molecule has 1 rings (SSSR count). The summed E-state index contributed by atoms with van der Waals surface area (Å²) in [6, 6.07) is -1.19. The van der Waals surface area contributed by atoms with Gasteiger partial charge in [-0.3, -0.25) is 4.79 Å². The molecule has 2 N–H and O–H groups in total. The number of hydrogen-bond acceptors (Lipinski definition) is 2. The van der Waals surface area contributed by atoms with E-state index in [-0.39, 0.29) is 24.7 Å². The van der Waals surface area contributed by atoms with Crippen LogP contribution >= 0.6 is 0 Å². The van der Waals surface area contributed by atoms with Crippen LogP contribution in [-0.2, 0) is 4.79 Å². The summed E-state index contributed by atoms with van der Waals surface area (Å²) < 4.78 is 26.2. The highest BCUT2D eigenvalue weighted by atomic mass is 19.1. The molecular weight excluding hydrogens is 214 g/mol. The van der Waals surface area contributed by atoms with E-state index in [9.17, 15) is 13.6 Å². The minimum atomic E-state index is -0.987. The molecule has 0 saturated carbocycles. The van der Waals surface area contributed by atoms with Gasteiger partial charge < -0.3 is 10.6 Å². The molecular formula is C11H18F2N2O. The number of carbonyl (C=O) groups is 1. The van der Waals surface area contributed by atoms with E-state index in [1.807, 2.05) is 0 Å². The zero-order chi connectivity index (χ0) is 12.3. The fourth-order valence-electron chi connectivity index (χ4n) is 1.70. The van der Waals surface area contributed by atoms with Gasteiger partial charge in [-0.25, -0.2) is 8.78 Å². The second kappa shape index (κ2) is 5.39. The number of halogens is 2. The minimum Gasteiger partial charge on any atom is -0.346 e. The summed E-state index contributed by atoms with van der Waals surface area (Å²) in [5, 5.41) is 5.28. The van der Waals surface area contributed by atoms with Crippen LogP contribution in [0.2, 0.25) is 0 Å². The predicted octanol–water partition coefficient (Wildman–Crippen LogP) is 1.45. The van der Waals surface area contributed by atoms with Crippen molar-refractivity contribution < 1.29 is 13.6 Å². The van der Waals surface area contributed by atoms with Crippen LogP contribution < -0.4 is 10.6 Å². The third kappa shape index (κ3) is 3.27. The Hall–Kier alpha value is -0.970. The molecule has 16 heavy (non-hydrogen) atoms. The maximum atomic E-state index is 13.4. The van der Waals surface area contributed by atoms with Crippen molar-refractivity contribution in [1.82, 2.24) is 10.6 Å². The largest absolute Gasteiger partial charge is 0.346 e. The molecule has 0 radical (unpaired) electrons. The van der Waals surface area contributed by atoms with Crippen LogP contribution in [-0.4, -0.2) is 30.7 Å². The lowest BCUT2D eigenvalue weighted by Gasteiger charge is -2.16. The fourth-order valence-corrected chi connectivity index (χ4v) is 1.70. The summed E-state index contributed by atoms with van der Waals surface area (Å²) in [4.78, 5) is 11.6. The first-order chi connectivity index (χ1) is 7.41. The van der Waals surface area contributed by atoms with E-state index >= 15 is 0 Å². The molecule has 0 bridgehead atoms. The molecule has 0 aromatic carbocycles. The summed E-state index contributed by atoms with van der Waals surface area (Å²) in [7, 11) is 0.